The van der Waals surface area contributed by atoms with Crippen molar-refractivity contribution >= 4 is 0 Å². The van der Waals surface area contributed by atoms with Gasteiger partial charge >= 0.3 is 0 Å². The maximum Gasteiger partial charge on any atom is 0.251 e. The third kappa shape index (κ3) is 3.48. The first-order valence-electron chi connectivity index (χ1n) is 4.85. The Balaban J connectivity index is 2.28. The number of hydrogen-bond donors (Lipinski definition) is 1. The predicted molar refractivity (Wildman–Crippen MR) is 50.7 cm³/mol. The second-order valence-electron chi connectivity index (χ2n) is 3.81. The molecule has 1 heterocycles. The van der Waals surface area contributed by atoms with Crippen LogP contribution in [0.15, 0.2) is 0 Å². The summed E-state index contributed by atoms with van der Waals surface area (Å²) >= 11 is 0. The van der Waals surface area contributed by atoms with Gasteiger partial charge in [-0.25, -0.2) is 8.78 Å². The SMILES string of the molecule is CNC1COCC1CN(C)CC(F)F. The van der Waals surface area contributed by atoms with Crippen molar-refractivity contribution in [3.63, 3.8) is 0 Å². The minimum Gasteiger partial charge on any atom is -0.379 e. The fraction of sp³-hybridized carbons (Fsp3) is 1.00. The second kappa shape index (κ2) is 5.58. The van der Waals surface area contributed by atoms with Crippen LogP contribution in [0.3, 0.4) is 0 Å². The van der Waals surface area contributed by atoms with Gasteiger partial charge in [-0.15, -0.1) is 0 Å². The van der Waals surface area contributed by atoms with E-state index in [1.165, 1.54) is 0 Å². The molecule has 1 fully saturated rings. The summed E-state index contributed by atoms with van der Waals surface area (Å²) in [5.41, 5.74) is 0. The standard InChI is InChI=1S/C9H18F2N2O/c1-12-8-6-14-5-7(8)3-13(2)4-9(10)11/h7-9,12H,3-6H2,1-2H3. The van der Waals surface area contributed by atoms with E-state index in [4.69, 9.17) is 4.74 Å². The van der Waals surface area contributed by atoms with Gasteiger partial charge in [0.25, 0.3) is 6.43 Å². The van der Waals surface area contributed by atoms with Gasteiger partial charge in [-0.05, 0) is 14.1 Å². The van der Waals surface area contributed by atoms with E-state index in [9.17, 15) is 8.78 Å². The number of hydrogen-bond acceptors (Lipinski definition) is 3. The molecular weight excluding hydrogens is 190 g/mol. The quantitative estimate of drug-likeness (QED) is 0.708. The van der Waals surface area contributed by atoms with E-state index >= 15 is 0 Å². The molecule has 1 N–H and O–H groups in total. The van der Waals surface area contributed by atoms with Gasteiger partial charge in [0.15, 0.2) is 0 Å². The monoisotopic (exact) mass is 208 g/mol. The molecule has 0 bridgehead atoms. The van der Waals surface area contributed by atoms with Crippen LogP contribution in [0.4, 0.5) is 8.78 Å². The van der Waals surface area contributed by atoms with Crippen LogP contribution in [-0.2, 0) is 4.74 Å². The highest BCUT2D eigenvalue weighted by Gasteiger charge is 2.28. The average molecular weight is 208 g/mol. The summed E-state index contributed by atoms with van der Waals surface area (Å²) < 4.78 is 29.4. The lowest BCUT2D eigenvalue weighted by atomic mass is 10.0. The molecule has 0 aromatic heterocycles. The molecule has 0 aromatic carbocycles. The molecule has 84 valence electrons. The minimum absolute atomic E-state index is 0.160. The van der Waals surface area contributed by atoms with Gasteiger partial charge < -0.3 is 15.0 Å². The Kier molecular flexibility index (Phi) is 4.71. The highest BCUT2D eigenvalue weighted by atomic mass is 19.3. The first-order valence-corrected chi connectivity index (χ1v) is 4.85. The van der Waals surface area contributed by atoms with Gasteiger partial charge in [0, 0.05) is 18.5 Å². The van der Waals surface area contributed by atoms with Crippen molar-refractivity contribution in [1.29, 1.82) is 0 Å². The Labute approximate surface area is 83.4 Å². The molecule has 1 aliphatic rings. The van der Waals surface area contributed by atoms with Gasteiger partial charge in [0.05, 0.1) is 19.8 Å². The number of alkyl halides is 2. The molecule has 14 heavy (non-hydrogen) atoms. The summed E-state index contributed by atoms with van der Waals surface area (Å²) in [6, 6.07) is 0.301. The van der Waals surface area contributed by atoms with Gasteiger partial charge in [-0.1, -0.05) is 0 Å². The molecule has 1 aliphatic heterocycles. The lowest BCUT2D eigenvalue weighted by Gasteiger charge is -2.23. The zero-order valence-corrected chi connectivity index (χ0v) is 8.67. The average Bonchev–Trinajstić information content (AvgIpc) is 2.50. The topological polar surface area (TPSA) is 24.5 Å². The van der Waals surface area contributed by atoms with Crippen molar-refractivity contribution in [2.45, 2.75) is 12.5 Å². The molecule has 0 aromatic rings. The highest BCUT2D eigenvalue weighted by molar-refractivity contribution is 4.82. The van der Waals surface area contributed by atoms with E-state index in [1.54, 1.807) is 11.9 Å². The molecule has 0 saturated carbocycles. The Morgan fingerprint density at radius 1 is 1.50 bits per heavy atom. The molecule has 2 atom stereocenters. The van der Waals surface area contributed by atoms with Crippen molar-refractivity contribution in [1.82, 2.24) is 10.2 Å². The van der Waals surface area contributed by atoms with Crippen molar-refractivity contribution in [3.05, 3.63) is 0 Å². The third-order valence-corrected chi connectivity index (χ3v) is 2.57. The maximum absolute atomic E-state index is 12.0. The van der Waals surface area contributed by atoms with Crippen LogP contribution in [0.25, 0.3) is 0 Å². The molecule has 0 radical (unpaired) electrons. The summed E-state index contributed by atoms with van der Waals surface area (Å²) in [6.45, 7) is 1.85. The second-order valence-corrected chi connectivity index (χ2v) is 3.81. The van der Waals surface area contributed by atoms with Crippen LogP contribution in [0.5, 0.6) is 0 Å². The fourth-order valence-corrected chi connectivity index (χ4v) is 1.81. The summed E-state index contributed by atoms with van der Waals surface area (Å²) in [5.74, 6) is 0.323. The van der Waals surface area contributed by atoms with Gasteiger partial charge in [0.2, 0.25) is 0 Å². The van der Waals surface area contributed by atoms with E-state index < -0.39 is 6.43 Å². The zero-order chi connectivity index (χ0) is 10.6. The van der Waals surface area contributed by atoms with Crippen molar-refractivity contribution in [2.75, 3.05) is 40.4 Å². The summed E-state index contributed by atoms with van der Waals surface area (Å²) in [5, 5.41) is 3.13. The molecular formula is C9H18F2N2O. The maximum atomic E-state index is 12.0. The van der Waals surface area contributed by atoms with Crippen LogP contribution in [-0.4, -0.2) is 57.8 Å². The van der Waals surface area contributed by atoms with E-state index in [0.717, 1.165) is 0 Å². The molecule has 5 heteroatoms. The predicted octanol–water partition coefficient (Wildman–Crippen LogP) is 0.418. The van der Waals surface area contributed by atoms with Gasteiger partial charge in [-0.3, -0.25) is 0 Å². The lowest BCUT2D eigenvalue weighted by molar-refractivity contribution is 0.0895. The Bertz CT molecular complexity index is 169. The zero-order valence-electron chi connectivity index (χ0n) is 8.67. The fourth-order valence-electron chi connectivity index (χ4n) is 1.81. The smallest absolute Gasteiger partial charge is 0.251 e. The number of nitrogens with one attached hydrogen (secondary N) is 1. The first-order chi connectivity index (χ1) is 6.63. The highest BCUT2D eigenvalue weighted by Crippen LogP contribution is 2.14. The molecule has 1 rings (SSSR count). The minimum atomic E-state index is -2.25. The van der Waals surface area contributed by atoms with E-state index in [-0.39, 0.29) is 6.54 Å². The van der Waals surface area contributed by atoms with Crippen LogP contribution in [0, 0.1) is 5.92 Å². The number of likely N-dealkylation sites (N-methyl/N-ethyl adjacent to an activating group) is 1. The molecule has 0 aliphatic carbocycles. The Hall–Kier alpha value is -0.260. The van der Waals surface area contributed by atoms with Crippen LogP contribution < -0.4 is 5.32 Å². The molecule has 3 nitrogen and oxygen atoms in total. The van der Waals surface area contributed by atoms with Crippen molar-refractivity contribution in [3.8, 4) is 0 Å². The lowest BCUT2D eigenvalue weighted by Crippen LogP contribution is -2.40. The van der Waals surface area contributed by atoms with Gasteiger partial charge in [0.1, 0.15) is 0 Å². The molecule has 0 spiro atoms. The largest absolute Gasteiger partial charge is 0.379 e. The van der Waals surface area contributed by atoms with Crippen molar-refractivity contribution < 1.29 is 13.5 Å². The van der Waals surface area contributed by atoms with Crippen molar-refractivity contribution in [2.24, 2.45) is 5.92 Å². The first kappa shape index (κ1) is 11.8. The Morgan fingerprint density at radius 2 is 2.21 bits per heavy atom. The third-order valence-electron chi connectivity index (χ3n) is 2.57. The normalized spacial score (nSPS) is 27.9. The van der Waals surface area contributed by atoms with Crippen LogP contribution in [0.1, 0.15) is 0 Å². The number of ether oxygens (including phenoxy) is 1. The summed E-state index contributed by atoms with van der Waals surface area (Å²) in [6.07, 6.45) is -2.25. The van der Waals surface area contributed by atoms with Crippen LogP contribution >= 0.6 is 0 Å². The molecule has 1 saturated heterocycles. The van der Waals surface area contributed by atoms with E-state index in [2.05, 4.69) is 5.32 Å². The van der Waals surface area contributed by atoms with E-state index in [1.807, 2.05) is 7.05 Å². The summed E-state index contributed by atoms with van der Waals surface area (Å²) in [7, 11) is 3.59. The molecule has 0 amide bonds. The number of nitrogens with zero attached hydrogens (tertiary/aromatic N) is 1. The van der Waals surface area contributed by atoms with E-state index in [0.29, 0.717) is 31.7 Å². The Morgan fingerprint density at radius 3 is 2.79 bits per heavy atom. The summed E-state index contributed by atoms with van der Waals surface area (Å²) in [4.78, 5) is 1.66. The molecule has 2 unspecified atom stereocenters. The van der Waals surface area contributed by atoms with Gasteiger partial charge in [-0.2, -0.15) is 0 Å². The van der Waals surface area contributed by atoms with Crippen LogP contribution in [0.2, 0.25) is 0 Å². The number of rotatable bonds is 5. The number of halogens is 2.